The first-order valence-corrected chi connectivity index (χ1v) is 10.2. The van der Waals surface area contributed by atoms with Crippen LogP contribution in [0.25, 0.3) is 0 Å². The Hall–Kier alpha value is -2.94. The zero-order chi connectivity index (χ0) is 20.7. The normalized spacial score (nSPS) is 10.9. The van der Waals surface area contributed by atoms with Gasteiger partial charge in [-0.15, -0.1) is 0 Å². The summed E-state index contributed by atoms with van der Waals surface area (Å²) in [5.41, 5.74) is 1.17. The third kappa shape index (κ3) is 5.53. The van der Waals surface area contributed by atoms with Crippen LogP contribution in [0, 0.1) is 0 Å². The molecule has 2 aromatic carbocycles. The largest absolute Gasteiger partial charge is 0.497 e. The van der Waals surface area contributed by atoms with Gasteiger partial charge in [0.25, 0.3) is 0 Å². The number of rotatable bonds is 9. The number of ether oxygens (including phenoxy) is 3. The molecule has 0 bridgehead atoms. The highest BCUT2D eigenvalue weighted by molar-refractivity contribution is 7.92. The summed E-state index contributed by atoms with van der Waals surface area (Å²) in [6.07, 6.45) is 1.04. The number of carbonyl (C=O) groups is 1. The van der Waals surface area contributed by atoms with Crippen LogP contribution < -0.4 is 23.8 Å². The van der Waals surface area contributed by atoms with Crippen molar-refractivity contribution in [3.05, 3.63) is 48.0 Å². The standard InChI is InChI=1S/C19H24N2O6S/c1-25-16-8-5-14(6-9-16)12-20-19(22)13-21(28(4,23)24)15-7-10-17(26-2)18(11-15)27-3/h5-11H,12-13H2,1-4H3,(H,20,22). The summed E-state index contributed by atoms with van der Waals surface area (Å²) >= 11 is 0. The molecule has 0 aromatic heterocycles. The number of hydrogen-bond donors (Lipinski definition) is 1. The summed E-state index contributed by atoms with van der Waals surface area (Å²) in [4.78, 5) is 12.3. The molecule has 0 aliphatic heterocycles. The zero-order valence-corrected chi connectivity index (χ0v) is 17.1. The van der Waals surface area contributed by atoms with E-state index in [1.807, 2.05) is 12.1 Å². The lowest BCUT2D eigenvalue weighted by Crippen LogP contribution is -2.40. The molecule has 152 valence electrons. The summed E-state index contributed by atoms with van der Waals surface area (Å²) in [5, 5.41) is 2.72. The van der Waals surface area contributed by atoms with Crippen molar-refractivity contribution in [2.75, 3.05) is 38.4 Å². The maximum atomic E-state index is 12.3. The average molecular weight is 408 g/mol. The smallest absolute Gasteiger partial charge is 0.241 e. The first-order chi connectivity index (χ1) is 13.3. The van der Waals surface area contributed by atoms with E-state index in [2.05, 4.69) is 5.32 Å². The molecule has 0 heterocycles. The van der Waals surface area contributed by atoms with E-state index in [1.54, 1.807) is 31.4 Å². The fraction of sp³-hybridized carbons (Fsp3) is 0.316. The maximum absolute atomic E-state index is 12.3. The van der Waals surface area contributed by atoms with Gasteiger partial charge in [0.15, 0.2) is 11.5 Å². The predicted molar refractivity (Wildman–Crippen MR) is 107 cm³/mol. The summed E-state index contributed by atoms with van der Waals surface area (Å²) in [6.45, 7) is -0.0865. The summed E-state index contributed by atoms with van der Waals surface area (Å²) < 4.78 is 40.9. The molecule has 9 heteroatoms. The third-order valence-electron chi connectivity index (χ3n) is 3.99. The van der Waals surface area contributed by atoms with E-state index in [0.29, 0.717) is 22.9 Å². The van der Waals surface area contributed by atoms with E-state index in [9.17, 15) is 13.2 Å². The van der Waals surface area contributed by atoms with Gasteiger partial charge in [0.2, 0.25) is 15.9 Å². The fourth-order valence-corrected chi connectivity index (χ4v) is 3.36. The van der Waals surface area contributed by atoms with Crippen LogP contribution in [0.15, 0.2) is 42.5 Å². The summed E-state index contributed by atoms with van der Waals surface area (Å²) in [7, 11) is 0.821. The van der Waals surface area contributed by atoms with Gasteiger partial charge in [-0.05, 0) is 29.8 Å². The van der Waals surface area contributed by atoms with Crippen molar-refractivity contribution in [1.82, 2.24) is 5.32 Å². The van der Waals surface area contributed by atoms with Gasteiger partial charge in [0.05, 0.1) is 33.3 Å². The monoisotopic (exact) mass is 408 g/mol. The summed E-state index contributed by atoms with van der Waals surface area (Å²) in [5.74, 6) is 1.11. The van der Waals surface area contributed by atoms with E-state index in [4.69, 9.17) is 14.2 Å². The Morgan fingerprint density at radius 3 is 2.14 bits per heavy atom. The lowest BCUT2D eigenvalue weighted by molar-refractivity contribution is -0.119. The molecule has 0 aliphatic carbocycles. The highest BCUT2D eigenvalue weighted by Gasteiger charge is 2.22. The molecule has 0 radical (unpaired) electrons. The minimum Gasteiger partial charge on any atom is -0.497 e. The van der Waals surface area contributed by atoms with Crippen molar-refractivity contribution < 1.29 is 27.4 Å². The van der Waals surface area contributed by atoms with Gasteiger partial charge in [-0.1, -0.05) is 12.1 Å². The minimum absolute atomic E-state index is 0.270. The predicted octanol–water partition coefficient (Wildman–Crippen LogP) is 1.79. The zero-order valence-electron chi connectivity index (χ0n) is 16.3. The Bertz CT molecular complexity index is 913. The van der Waals surface area contributed by atoms with Gasteiger partial charge in [-0.3, -0.25) is 9.10 Å². The molecule has 0 spiro atoms. The number of methoxy groups -OCH3 is 3. The number of anilines is 1. The van der Waals surface area contributed by atoms with Crippen LogP contribution in [0.3, 0.4) is 0 Å². The van der Waals surface area contributed by atoms with Crippen LogP contribution >= 0.6 is 0 Å². The van der Waals surface area contributed by atoms with Gasteiger partial charge >= 0.3 is 0 Å². The van der Waals surface area contributed by atoms with Crippen molar-refractivity contribution in [2.24, 2.45) is 0 Å². The number of sulfonamides is 1. The van der Waals surface area contributed by atoms with Crippen LogP contribution in [0.2, 0.25) is 0 Å². The second-order valence-electron chi connectivity index (χ2n) is 5.93. The lowest BCUT2D eigenvalue weighted by atomic mass is 10.2. The SMILES string of the molecule is COc1ccc(CNC(=O)CN(c2ccc(OC)c(OC)c2)S(C)(=O)=O)cc1. The molecular weight excluding hydrogens is 384 g/mol. The molecule has 2 aromatic rings. The Kier molecular flexibility index (Phi) is 7.11. The number of amides is 1. The number of benzene rings is 2. The number of hydrogen-bond acceptors (Lipinski definition) is 6. The number of nitrogens with zero attached hydrogens (tertiary/aromatic N) is 1. The molecule has 8 nitrogen and oxygen atoms in total. The van der Waals surface area contributed by atoms with Gasteiger partial charge in [-0.25, -0.2) is 8.42 Å². The quantitative estimate of drug-likeness (QED) is 0.680. The number of nitrogens with one attached hydrogen (secondary N) is 1. The first kappa shape index (κ1) is 21.4. The topological polar surface area (TPSA) is 94.2 Å². The van der Waals surface area contributed by atoms with E-state index >= 15 is 0 Å². The fourth-order valence-electron chi connectivity index (χ4n) is 2.51. The van der Waals surface area contributed by atoms with Gasteiger partial charge < -0.3 is 19.5 Å². The third-order valence-corrected chi connectivity index (χ3v) is 5.13. The maximum Gasteiger partial charge on any atom is 0.241 e. The van der Waals surface area contributed by atoms with E-state index in [1.165, 1.54) is 20.3 Å². The van der Waals surface area contributed by atoms with Crippen LogP contribution in [0.1, 0.15) is 5.56 Å². The van der Waals surface area contributed by atoms with E-state index < -0.39 is 15.9 Å². The molecule has 0 aliphatic rings. The summed E-state index contributed by atoms with van der Waals surface area (Å²) in [6, 6.07) is 11.9. The molecule has 2 rings (SSSR count). The lowest BCUT2D eigenvalue weighted by Gasteiger charge is -2.23. The van der Waals surface area contributed by atoms with Crippen molar-refractivity contribution in [1.29, 1.82) is 0 Å². The highest BCUT2D eigenvalue weighted by atomic mass is 32.2. The molecule has 0 saturated carbocycles. The van der Waals surface area contributed by atoms with Crippen LogP contribution in [-0.4, -0.2) is 48.5 Å². The Morgan fingerprint density at radius 1 is 0.964 bits per heavy atom. The van der Waals surface area contributed by atoms with E-state index in [0.717, 1.165) is 16.1 Å². The minimum atomic E-state index is -3.69. The van der Waals surface area contributed by atoms with Crippen molar-refractivity contribution >= 4 is 21.6 Å². The van der Waals surface area contributed by atoms with Crippen molar-refractivity contribution in [2.45, 2.75) is 6.54 Å². The van der Waals surface area contributed by atoms with Crippen LogP contribution in [-0.2, 0) is 21.4 Å². The Labute approximate surface area is 165 Å². The Morgan fingerprint density at radius 2 is 1.61 bits per heavy atom. The highest BCUT2D eigenvalue weighted by Crippen LogP contribution is 2.32. The second-order valence-corrected chi connectivity index (χ2v) is 7.84. The molecule has 28 heavy (non-hydrogen) atoms. The first-order valence-electron chi connectivity index (χ1n) is 8.38. The van der Waals surface area contributed by atoms with Crippen LogP contribution in [0.4, 0.5) is 5.69 Å². The van der Waals surface area contributed by atoms with Gasteiger partial charge in [0, 0.05) is 12.6 Å². The molecular formula is C19H24N2O6S. The molecule has 0 unspecified atom stereocenters. The molecule has 0 saturated heterocycles. The number of carbonyl (C=O) groups excluding carboxylic acids is 1. The van der Waals surface area contributed by atoms with Gasteiger partial charge in [0.1, 0.15) is 12.3 Å². The average Bonchev–Trinajstić information content (AvgIpc) is 2.69. The van der Waals surface area contributed by atoms with E-state index in [-0.39, 0.29) is 13.1 Å². The van der Waals surface area contributed by atoms with Crippen molar-refractivity contribution in [3.63, 3.8) is 0 Å². The molecule has 1 N–H and O–H groups in total. The Balaban J connectivity index is 2.12. The van der Waals surface area contributed by atoms with Crippen LogP contribution in [0.5, 0.6) is 17.2 Å². The molecule has 0 fully saturated rings. The molecule has 1 amide bonds. The second kappa shape index (κ2) is 9.32. The molecule has 0 atom stereocenters. The van der Waals surface area contributed by atoms with Crippen molar-refractivity contribution in [3.8, 4) is 17.2 Å². The van der Waals surface area contributed by atoms with Gasteiger partial charge in [-0.2, -0.15) is 0 Å².